The van der Waals surface area contributed by atoms with E-state index < -0.39 is 5.91 Å². The third-order valence-corrected chi connectivity index (χ3v) is 1.96. The summed E-state index contributed by atoms with van der Waals surface area (Å²) in [6.45, 7) is -0.467. The monoisotopic (exact) mass is 231 g/mol. The fourth-order valence-corrected chi connectivity index (χ4v) is 1.27. The Labute approximate surface area is 97.6 Å². The van der Waals surface area contributed by atoms with E-state index in [4.69, 9.17) is 10.5 Å². The molecule has 1 aromatic rings. The number of phenolic OH excluding ortho intramolecular Hbond substituents is 2. The molecule has 6 nitrogen and oxygen atoms in total. The molecule has 0 aliphatic rings. The molecule has 0 radical (unpaired) electrons. The Balaban J connectivity index is 3.02. The Hall–Kier alpha value is -2.73. The van der Waals surface area contributed by atoms with Crippen LogP contribution in [0.2, 0.25) is 0 Å². The summed E-state index contributed by atoms with van der Waals surface area (Å²) < 4.78 is 0. The molecule has 0 fully saturated rings. The van der Waals surface area contributed by atoms with Gasteiger partial charge >= 0.3 is 0 Å². The zero-order valence-corrected chi connectivity index (χ0v) is 8.79. The maximum atomic E-state index is 11.8. The number of rotatable bonds is 3. The van der Waals surface area contributed by atoms with Crippen molar-refractivity contribution >= 4 is 5.91 Å². The second kappa shape index (κ2) is 5.38. The van der Waals surface area contributed by atoms with Gasteiger partial charge in [-0.2, -0.15) is 10.5 Å². The molecule has 17 heavy (non-hydrogen) atoms. The van der Waals surface area contributed by atoms with Crippen LogP contribution in [0.25, 0.3) is 0 Å². The molecule has 0 heterocycles. The third kappa shape index (κ3) is 3.11. The largest absolute Gasteiger partial charge is 0.508 e. The zero-order valence-electron chi connectivity index (χ0n) is 8.79. The molecule has 86 valence electrons. The van der Waals surface area contributed by atoms with Crippen molar-refractivity contribution < 1.29 is 15.0 Å². The van der Waals surface area contributed by atoms with Gasteiger partial charge in [-0.25, -0.2) is 0 Å². The van der Waals surface area contributed by atoms with Crippen molar-refractivity contribution in [2.24, 2.45) is 0 Å². The highest BCUT2D eigenvalue weighted by Gasteiger charge is 2.16. The van der Waals surface area contributed by atoms with Gasteiger partial charge in [0.1, 0.15) is 24.6 Å². The van der Waals surface area contributed by atoms with Crippen LogP contribution in [-0.2, 0) is 0 Å². The van der Waals surface area contributed by atoms with Crippen LogP contribution < -0.4 is 0 Å². The van der Waals surface area contributed by atoms with E-state index in [0.29, 0.717) is 0 Å². The molecule has 0 aliphatic carbocycles. The number of carbonyl (C=O) groups is 1. The van der Waals surface area contributed by atoms with Crippen LogP contribution in [0, 0.1) is 22.7 Å². The van der Waals surface area contributed by atoms with E-state index in [0.717, 1.165) is 23.1 Å². The topological polar surface area (TPSA) is 108 Å². The number of amides is 1. The van der Waals surface area contributed by atoms with Crippen molar-refractivity contribution in [3.63, 3.8) is 0 Å². The third-order valence-electron chi connectivity index (χ3n) is 1.96. The van der Waals surface area contributed by atoms with Gasteiger partial charge in [-0.05, 0) is 12.1 Å². The Morgan fingerprint density at radius 1 is 1.12 bits per heavy atom. The molecule has 2 N–H and O–H groups in total. The molecule has 1 aromatic carbocycles. The Morgan fingerprint density at radius 3 is 2.00 bits per heavy atom. The first-order valence-electron chi connectivity index (χ1n) is 4.64. The summed E-state index contributed by atoms with van der Waals surface area (Å²) in [5, 5.41) is 35.5. The minimum Gasteiger partial charge on any atom is -0.508 e. The average Bonchev–Trinajstić information content (AvgIpc) is 2.26. The summed E-state index contributed by atoms with van der Waals surface area (Å²) in [4.78, 5) is 12.8. The average molecular weight is 231 g/mol. The fraction of sp³-hybridized carbons (Fsp3) is 0.182. The molecular weight excluding hydrogens is 222 g/mol. The summed E-state index contributed by atoms with van der Waals surface area (Å²) in [5.74, 6) is -1.12. The number of benzene rings is 1. The summed E-state index contributed by atoms with van der Waals surface area (Å²) in [6.07, 6.45) is 0. The predicted molar refractivity (Wildman–Crippen MR) is 56.9 cm³/mol. The van der Waals surface area contributed by atoms with Crippen molar-refractivity contribution in [3.05, 3.63) is 23.8 Å². The molecular formula is C11H9N3O3. The van der Waals surface area contributed by atoms with E-state index in [1.807, 2.05) is 0 Å². The van der Waals surface area contributed by atoms with Crippen LogP contribution in [-0.4, -0.2) is 34.1 Å². The summed E-state index contributed by atoms with van der Waals surface area (Å²) in [7, 11) is 0. The van der Waals surface area contributed by atoms with Gasteiger partial charge in [-0.3, -0.25) is 4.79 Å². The lowest BCUT2D eigenvalue weighted by atomic mass is 10.1. The van der Waals surface area contributed by atoms with Crippen LogP contribution in [0.3, 0.4) is 0 Å². The van der Waals surface area contributed by atoms with Gasteiger partial charge in [0.05, 0.1) is 12.1 Å². The highest BCUT2D eigenvalue weighted by Crippen LogP contribution is 2.21. The molecule has 0 aromatic heterocycles. The van der Waals surface area contributed by atoms with Gasteiger partial charge in [0, 0.05) is 11.6 Å². The molecule has 0 atom stereocenters. The Kier molecular flexibility index (Phi) is 3.91. The van der Waals surface area contributed by atoms with Crippen LogP contribution >= 0.6 is 0 Å². The molecule has 0 spiro atoms. The van der Waals surface area contributed by atoms with Gasteiger partial charge in [-0.1, -0.05) is 0 Å². The SMILES string of the molecule is N#CCN(CC#N)C(=O)c1cc(O)cc(O)c1. The highest BCUT2D eigenvalue weighted by atomic mass is 16.3. The lowest BCUT2D eigenvalue weighted by molar-refractivity contribution is 0.0794. The second-order valence-corrected chi connectivity index (χ2v) is 3.22. The van der Waals surface area contributed by atoms with Gasteiger partial charge in [-0.15, -0.1) is 0 Å². The molecule has 1 amide bonds. The van der Waals surface area contributed by atoms with E-state index in [-0.39, 0.29) is 30.2 Å². The van der Waals surface area contributed by atoms with Crippen LogP contribution in [0.15, 0.2) is 18.2 Å². The standard InChI is InChI=1S/C11H9N3O3/c12-1-3-14(4-2-13)11(17)8-5-9(15)7-10(16)6-8/h5-7,15-16H,3-4H2. The summed E-state index contributed by atoms with van der Waals surface area (Å²) in [6, 6.07) is 6.92. The maximum absolute atomic E-state index is 11.8. The minimum absolute atomic E-state index is 0.0213. The quantitative estimate of drug-likeness (QED) is 0.740. The number of nitrogens with zero attached hydrogens (tertiary/aromatic N) is 3. The van der Waals surface area contributed by atoms with Crippen molar-refractivity contribution in [2.75, 3.05) is 13.1 Å². The first-order chi connectivity index (χ1) is 8.08. The Bertz CT molecular complexity index is 477. The van der Waals surface area contributed by atoms with Crippen LogP contribution in [0.5, 0.6) is 11.5 Å². The van der Waals surface area contributed by atoms with Crippen molar-refractivity contribution in [3.8, 4) is 23.6 Å². The minimum atomic E-state index is -0.598. The van der Waals surface area contributed by atoms with Crippen LogP contribution in [0.4, 0.5) is 0 Å². The number of carbonyl (C=O) groups excluding carboxylic acids is 1. The molecule has 0 unspecified atom stereocenters. The number of phenols is 2. The molecule has 0 bridgehead atoms. The van der Waals surface area contributed by atoms with Crippen molar-refractivity contribution in [2.45, 2.75) is 0 Å². The fourth-order valence-electron chi connectivity index (χ4n) is 1.27. The highest BCUT2D eigenvalue weighted by molar-refractivity contribution is 5.95. The number of hydrogen-bond donors (Lipinski definition) is 2. The first-order valence-corrected chi connectivity index (χ1v) is 4.64. The summed E-state index contributed by atoms with van der Waals surface area (Å²) in [5.41, 5.74) is 0.0213. The second-order valence-electron chi connectivity index (χ2n) is 3.22. The first kappa shape index (κ1) is 12.3. The summed E-state index contributed by atoms with van der Waals surface area (Å²) >= 11 is 0. The smallest absolute Gasteiger partial charge is 0.255 e. The molecule has 0 saturated heterocycles. The van der Waals surface area contributed by atoms with Gasteiger partial charge in [0.15, 0.2) is 0 Å². The van der Waals surface area contributed by atoms with E-state index >= 15 is 0 Å². The lowest BCUT2D eigenvalue weighted by Gasteiger charge is -2.15. The molecule has 0 saturated carbocycles. The van der Waals surface area contributed by atoms with Crippen molar-refractivity contribution in [1.29, 1.82) is 10.5 Å². The number of hydrogen-bond acceptors (Lipinski definition) is 5. The van der Waals surface area contributed by atoms with E-state index in [1.54, 1.807) is 12.1 Å². The number of nitriles is 2. The van der Waals surface area contributed by atoms with Gasteiger partial charge in [0.25, 0.3) is 5.91 Å². The van der Waals surface area contributed by atoms with E-state index in [1.165, 1.54) is 0 Å². The van der Waals surface area contributed by atoms with Gasteiger partial charge < -0.3 is 15.1 Å². The van der Waals surface area contributed by atoms with E-state index in [2.05, 4.69) is 0 Å². The normalized spacial score (nSPS) is 9.06. The maximum Gasteiger partial charge on any atom is 0.255 e. The zero-order chi connectivity index (χ0) is 12.8. The Morgan fingerprint density at radius 2 is 1.59 bits per heavy atom. The molecule has 6 heteroatoms. The van der Waals surface area contributed by atoms with E-state index in [9.17, 15) is 15.0 Å². The van der Waals surface area contributed by atoms with Crippen LogP contribution in [0.1, 0.15) is 10.4 Å². The molecule has 1 rings (SSSR count). The predicted octanol–water partition coefficient (Wildman–Crippen LogP) is 0.587. The lowest BCUT2D eigenvalue weighted by Crippen LogP contribution is -2.31. The van der Waals surface area contributed by atoms with Gasteiger partial charge in [0.2, 0.25) is 0 Å². The molecule has 0 aliphatic heterocycles. The van der Waals surface area contributed by atoms with Crippen molar-refractivity contribution in [1.82, 2.24) is 4.90 Å². The number of aromatic hydroxyl groups is 2.